The SMILES string of the molecule is O=C(OCC(COC(=O)c1ccccc1)C(=O)Oc1cc(I)c(S(=O)(=O)O)c(I)c1)c1ccccc1. The van der Waals surface area contributed by atoms with Gasteiger partial charge in [0.1, 0.15) is 29.8 Å². The molecule has 0 radical (unpaired) electrons. The summed E-state index contributed by atoms with van der Waals surface area (Å²) in [5.41, 5.74) is 0.548. The molecular weight excluding hydrogens is 718 g/mol. The molecule has 0 unspecified atom stereocenters. The summed E-state index contributed by atoms with van der Waals surface area (Å²) >= 11 is 3.38. The van der Waals surface area contributed by atoms with Gasteiger partial charge in [-0.15, -0.1) is 0 Å². The molecule has 36 heavy (non-hydrogen) atoms. The second-order valence-electron chi connectivity index (χ2n) is 7.24. The molecule has 12 heteroatoms. The highest BCUT2D eigenvalue weighted by Gasteiger charge is 2.27. The summed E-state index contributed by atoms with van der Waals surface area (Å²) in [7, 11) is -4.49. The number of ether oxygens (including phenoxy) is 3. The van der Waals surface area contributed by atoms with Crippen LogP contribution >= 0.6 is 45.2 Å². The molecule has 0 heterocycles. The van der Waals surface area contributed by atoms with Gasteiger partial charge in [-0.3, -0.25) is 9.35 Å². The van der Waals surface area contributed by atoms with E-state index in [1.807, 2.05) is 0 Å². The van der Waals surface area contributed by atoms with Crippen LogP contribution in [-0.4, -0.2) is 44.1 Å². The second-order valence-corrected chi connectivity index (χ2v) is 10.9. The number of carbonyl (C=O) groups excluding carboxylic acids is 3. The van der Waals surface area contributed by atoms with Crippen LogP contribution in [0.25, 0.3) is 0 Å². The van der Waals surface area contributed by atoms with Gasteiger partial charge in [-0.05, 0) is 81.6 Å². The lowest BCUT2D eigenvalue weighted by molar-refractivity contribution is -0.141. The Balaban J connectivity index is 1.76. The van der Waals surface area contributed by atoms with Gasteiger partial charge in [-0.2, -0.15) is 8.42 Å². The fraction of sp³-hybridized carbons (Fsp3) is 0.125. The molecule has 0 bridgehead atoms. The van der Waals surface area contributed by atoms with Gasteiger partial charge >= 0.3 is 17.9 Å². The molecule has 0 aliphatic rings. The van der Waals surface area contributed by atoms with Gasteiger partial charge in [-0.1, -0.05) is 36.4 Å². The number of hydrogen-bond donors (Lipinski definition) is 1. The van der Waals surface area contributed by atoms with Gasteiger partial charge in [0.2, 0.25) is 0 Å². The number of esters is 3. The third-order valence-electron chi connectivity index (χ3n) is 4.63. The van der Waals surface area contributed by atoms with E-state index in [1.54, 1.807) is 106 Å². The Morgan fingerprint density at radius 3 is 1.58 bits per heavy atom. The Kier molecular flexibility index (Phi) is 9.81. The van der Waals surface area contributed by atoms with Crippen LogP contribution in [0.1, 0.15) is 20.7 Å². The van der Waals surface area contributed by atoms with Crippen molar-refractivity contribution in [2.75, 3.05) is 13.2 Å². The Bertz CT molecular complexity index is 1280. The van der Waals surface area contributed by atoms with E-state index in [1.165, 1.54) is 12.1 Å². The summed E-state index contributed by atoms with van der Waals surface area (Å²) in [4.78, 5) is 37.3. The van der Waals surface area contributed by atoms with Crippen LogP contribution in [0.15, 0.2) is 77.7 Å². The maximum atomic E-state index is 12.9. The van der Waals surface area contributed by atoms with Crippen molar-refractivity contribution in [3.63, 3.8) is 0 Å². The summed E-state index contributed by atoms with van der Waals surface area (Å²) < 4.78 is 48.7. The van der Waals surface area contributed by atoms with Crippen molar-refractivity contribution in [2.24, 2.45) is 5.92 Å². The summed E-state index contributed by atoms with van der Waals surface area (Å²) in [6.07, 6.45) is 0. The predicted molar refractivity (Wildman–Crippen MR) is 144 cm³/mol. The van der Waals surface area contributed by atoms with E-state index in [0.29, 0.717) is 0 Å². The Morgan fingerprint density at radius 2 is 1.19 bits per heavy atom. The van der Waals surface area contributed by atoms with E-state index in [2.05, 4.69) is 0 Å². The molecule has 3 rings (SSSR count). The van der Waals surface area contributed by atoms with Crippen molar-refractivity contribution in [1.82, 2.24) is 0 Å². The molecule has 3 aromatic rings. The smallest absolute Gasteiger partial charge is 0.338 e. The Labute approximate surface area is 234 Å². The first-order chi connectivity index (χ1) is 17.1. The molecule has 0 spiro atoms. The van der Waals surface area contributed by atoms with Gasteiger partial charge < -0.3 is 14.2 Å². The largest absolute Gasteiger partial charge is 0.461 e. The standard InChI is InChI=1S/C24H18I2O9S/c25-19-11-18(12-20(26)21(19)36(30,31)32)35-24(29)17(13-33-22(27)15-7-3-1-4-8-15)14-34-23(28)16-9-5-2-6-10-16/h1-12,17H,13-14H2,(H,30,31,32). The van der Waals surface area contributed by atoms with Crippen molar-refractivity contribution < 1.29 is 41.6 Å². The van der Waals surface area contributed by atoms with Crippen LogP contribution in [0, 0.1) is 13.1 Å². The molecule has 9 nitrogen and oxygen atoms in total. The monoisotopic (exact) mass is 736 g/mol. The number of benzene rings is 3. The normalized spacial score (nSPS) is 11.1. The van der Waals surface area contributed by atoms with E-state index in [4.69, 9.17) is 14.2 Å². The second kappa shape index (κ2) is 12.6. The molecule has 0 atom stereocenters. The molecule has 0 saturated carbocycles. The van der Waals surface area contributed by atoms with Crippen LogP contribution in [-0.2, 0) is 24.4 Å². The topological polar surface area (TPSA) is 133 Å². The lowest BCUT2D eigenvalue weighted by Crippen LogP contribution is -2.31. The predicted octanol–water partition coefficient (Wildman–Crippen LogP) is 4.38. The number of hydrogen-bond acceptors (Lipinski definition) is 8. The minimum Gasteiger partial charge on any atom is -0.461 e. The summed E-state index contributed by atoms with van der Waals surface area (Å²) in [6, 6.07) is 18.8. The number of rotatable bonds is 9. The zero-order valence-corrected chi connectivity index (χ0v) is 23.4. The number of carbonyl (C=O) groups is 3. The fourth-order valence-electron chi connectivity index (χ4n) is 2.89. The maximum absolute atomic E-state index is 12.9. The minimum atomic E-state index is -4.49. The first-order valence-corrected chi connectivity index (χ1v) is 13.8. The van der Waals surface area contributed by atoms with Crippen molar-refractivity contribution in [3.8, 4) is 5.75 Å². The molecule has 0 aliphatic heterocycles. The molecule has 188 valence electrons. The highest BCUT2D eigenvalue weighted by atomic mass is 127. The summed E-state index contributed by atoms with van der Waals surface area (Å²) in [6.45, 7) is -0.877. The first-order valence-electron chi connectivity index (χ1n) is 10.2. The minimum absolute atomic E-state index is 0.00466. The van der Waals surface area contributed by atoms with Crippen LogP contribution < -0.4 is 4.74 Å². The van der Waals surface area contributed by atoms with Crippen molar-refractivity contribution in [3.05, 3.63) is 91.1 Å². The molecular formula is C24H18I2O9S. The average molecular weight is 736 g/mol. The Morgan fingerprint density at radius 1 is 0.778 bits per heavy atom. The fourth-order valence-corrected chi connectivity index (χ4v) is 6.88. The van der Waals surface area contributed by atoms with E-state index in [0.717, 1.165) is 0 Å². The highest BCUT2D eigenvalue weighted by molar-refractivity contribution is 14.1. The number of halogens is 2. The Hall–Kier alpha value is -2.56. The quantitative estimate of drug-likeness (QED) is 0.147. The zero-order chi connectivity index (χ0) is 26.3. The molecule has 0 amide bonds. The van der Waals surface area contributed by atoms with E-state index < -0.39 is 47.2 Å². The van der Waals surface area contributed by atoms with Gasteiger partial charge in [-0.25, -0.2) is 9.59 Å². The zero-order valence-electron chi connectivity index (χ0n) is 18.3. The molecule has 3 aromatic carbocycles. The van der Waals surface area contributed by atoms with Crippen molar-refractivity contribution in [2.45, 2.75) is 4.90 Å². The molecule has 0 fully saturated rings. The van der Waals surface area contributed by atoms with Crippen LogP contribution in [0.3, 0.4) is 0 Å². The summed E-state index contributed by atoms with van der Waals surface area (Å²) in [5, 5.41) is 0. The van der Waals surface area contributed by atoms with Crippen LogP contribution in [0.5, 0.6) is 5.75 Å². The molecule has 0 saturated heterocycles. The third-order valence-corrected chi connectivity index (χ3v) is 8.02. The van der Waals surface area contributed by atoms with Gasteiger partial charge in [0.25, 0.3) is 10.1 Å². The summed E-state index contributed by atoms with van der Waals surface area (Å²) in [5.74, 6) is -3.41. The molecule has 0 aliphatic carbocycles. The van der Waals surface area contributed by atoms with Crippen molar-refractivity contribution in [1.29, 1.82) is 0 Å². The average Bonchev–Trinajstić information content (AvgIpc) is 2.83. The van der Waals surface area contributed by atoms with Gasteiger partial charge in [0.15, 0.2) is 0 Å². The van der Waals surface area contributed by atoms with Gasteiger partial charge in [0.05, 0.1) is 11.1 Å². The van der Waals surface area contributed by atoms with Crippen LogP contribution in [0.4, 0.5) is 0 Å². The lowest BCUT2D eigenvalue weighted by Gasteiger charge is -2.17. The maximum Gasteiger partial charge on any atom is 0.338 e. The van der Waals surface area contributed by atoms with E-state index >= 15 is 0 Å². The molecule has 0 aromatic heterocycles. The highest BCUT2D eigenvalue weighted by Crippen LogP contribution is 2.29. The first kappa shape index (κ1) is 28.0. The van der Waals surface area contributed by atoms with Crippen LogP contribution in [0.2, 0.25) is 0 Å². The third kappa shape index (κ3) is 7.72. The van der Waals surface area contributed by atoms with E-state index in [-0.39, 0.29) is 28.9 Å². The van der Waals surface area contributed by atoms with Crippen molar-refractivity contribution >= 4 is 73.2 Å². The van der Waals surface area contributed by atoms with Gasteiger partial charge in [0, 0.05) is 7.14 Å². The molecule has 1 N–H and O–H groups in total. The van der Waals surface area contributed by atoms with E-state index in [9.17, 15) is 27.4 Å². The lowest BCUT2D eigenvalue weighted by atomic mass is 10.1.